The lowest BCUT2D eigenvalue weighted by Crippen LogP contribution is -2.43. The molecule has 1 amide bonds. The maximum atomic E-state index is 12.1. The summed E-state index contributed by atoms with van der Waals surface area (Å²) in [4.78, 5) is 24.1. The molecule has 2 rings (SSSR count). The summed E-state index contributed by atoms with van der Waals surface area (Å²) in [5.41, 5.74) is -0.533. The van der Waals surface area contributed by atoms with E-state index in [-0.39, 0.29) is 66.1 Å². The fraction of sp³-hybridized carbons (Fsp3) is 0.556. The number of carbonyl (C=O) groups excluding carboxylic acids is 2. The van der Waals surface area contributed by atoms with Crippen LogP contribution in [0.5, 0.6) is 17.2 Å². The minimum Gasteiger partial charge on any atom is -0.507 e. The molecule has 7 nitrogen and oxygen atoms in total. The number of amides is 1. The first-order valence-corrected chi connectivity index (χ1v) is 8.25. The molecule has 0 spiro atoms. The number of phenolic OH excluding ortho intramolecular Hbond substituents is 1. The number of ether oxygens (including phenoxy) is 2. The van der Waals surface area contributed by atoms with Gasteiger partial charge in [-0.1, -0.05) is 13.8 Å². The number of Topliss-reactive ketones (excluding diaryl/α,β-unsaturated/α-hetero) is 1. The average Bonchev–Trinajstić information content (AvgIpc) is 2.48. The Balaban J connectivity index is 2.08. The third-order valence-electron chi connectivity index (χ3n) is 4.02. The number of ketones is 1. The largest absolute Gasteiger partial charge is 0.507 e. The van der Waals surface area contributed by atoms with E-state index in [9.17, 15) is 19.8 Å². The van der Waals surface area contributed by atoms with Crippen LogP contribution in [0.2, 0.25) is 0 Å². The highest BCUT2D eigenvalue weighted by molar-refractivity contribution is 6.03. The van der Waals surface area contributed by atoms with Gasteiger partial charge in [-0.25, -0.2) is 0 Å². The molecule has 1 aromatic carbocycles. The molecule has 0 aliphatic carbocycles. The highest BCUT2D eigenvalue weighted by Crippen LogP contribution is 2.40. The molecule has 1 aliphatic rings. The van der Waals surface area contributed by atoms with E-state index in [2.05, 4.69) is 5.32 Å². The average molecular weight is 351 g/mol. The van der Waals surface area contributed by atoms with Crippen molar-refractivity contribution in [3.8, 4) is 17.2 Å². The van der Waals surface area contributed by atoms with Crippen molar-refractivity contribution in [2.75, 3.05) is 13.2 Å². The van der Waals surface area contributed by atoms with Crippen molar-refractivity contribution in [2.45, 2.75) is 45.8 Å². The topological polar surface area (TPSA) is 105 Å². The van der Waals surface area contributed by atoms with Gasteiger partial charge in [-0.05, 0) is 19.8 Å². The molecule has 138 valence electrons. The maximum Gasteiger partial charge on any atom is 0.258 e. The van der Waals surface area contributed by atoms with Crippen LogP contribution in [0, 0.1) is 5.92 Å². The van der Waals surface area contributed by atoms with E-state index in [1.165, 1.54) is 12.1 Å². The molecule has 3 N–H and O–H groups in total. The molecular weight excluding hydrogens is 326 g/mol. The molecule has 0 fully saturated rings. The normalized spacial score (nSPS) is 16.8. The van der Waals surface area contributed by atoms with Crippen LogP contribution in [0.3, 0.4) is 0 Å². The Morgan fingerprint density at radius 3 is 2.68 bits per heavy atom. The van der Waals surface area contributed by atoms with Crippen LogP contribution in [0.1, 0.15) is 44.5 Å². The number of aliphatic hydroxyl groups excluding tert-OH is 1. The molecule has 0 unspecified atom stereocenters. The summed E-state index contributed by atoms with van der Waals surface area (Å²) in [6.07, 6.45) is 0.175. The maximum absolute atomic E-state index is 12.1. The molecule has 0 bridgehead atoms. The second-order valence-corrected chi connectivity index (χ2v) is 7.17. The predicted molar refractivity (Wildman–Crippen MR) is 91.1 cm³/mol. The molecule has 0 saturated carbocycles. The summed E-state index contributed by atoms with van der Waals surface area (Å²) >= 11 is 0. The lowest BCUT2D eigenvalue weighted by Gasteiger charge is -2.32. The standard InChI is InChI=1S/C18H25NO6/c1-10(2)12(8-20)19-16(23)9-24-11-5-13(21)17-14(22)7-18(3,4)25-15(17)6-11/h5-6,10,12,20-21H,7-9H2,1-4H3,(H,19,23)/t12-/m1/s1. The van der Waals surface area contributed by atoms with Crippen LogP contribution in [-0.2, 0) is 4.79 Å². The van der Waals surface area contributed by atoms with Crippen LogP contribution in [-0.4, -0.2) is 46.8 Å². The predicted octanol–water partition coefficient (Wildman–Crippen LogP) is 1.65. The Hall–Kier alpha value is -2.28. The van der Waals surface area contributed by atoms with Gasteiger partial charge < -0.3 is 25.0 Å². The third kappa shape index (κ3) is 4.63. The molecule has 1 atom stereocenters. The highest BCUT2D eigenvalue weighted by atomic mass is 16.5. The summed E-state index contributed by atoms with van der Waals surface area (Å²) in [7, 11) is 0. The molecule has 25 heavy (non-hydrogen) atoms. The van der Waals surface area contributed by atoms with Gasteiger partial charge in [0.2, 0.25) is 0 Å². The fourth-order valence-electron chi connectivity index (χ4n) is 2.65. The van der Waals surface area contributed by atoms with Crippen LogP contribution in [0.25, 0.3) is 0 Å². The molecule has 0 aromatic heterocycles. The van der Waals surface area contributed by atoms with Crippen molar-refractivity contribution in [3.63, 3.8) is 0 Å². The number of hydrogen-bond acceptors (Lipinski definition) is 6. The van der Waals surface area contributed by atoms with Gasteiger partial charge in [0.05, 0.1) is 19.1 Å². The van der Waals surface area contributed by atoms with Crippen LogP contribution >= 0.6 is 0 Å². The number of aliphatic hydroxyl groups is 1. The number of nitrogens with one attached hydrogen (secondary N) is 1. The van der Waals surface area contributed by atoms with Crippen molar-refractivity contribution in [1.82, 2.24) is 5.32 Å². The number of aromatic hydroxyl groups is 1. The lowest BCUT2D eigenvalue weighted by molar-refractivity contribution is -0.124. The van der Waals surface area contributed by atoms with Gasteiger partial charge in [-0.3, -0.25) is 9.59 Å². The molecule has 7 heteroatoms. The van der Waals surface area contributed by atoms with Crippen molar-refractivity contribution in [2.24, 2.45) is 5.92 Å². The van der Waals surface area contributed by atoms with Crippen molar-refractivity contribution >= 4 is 11.7 Å². The van der Waals surface area contributed by atoms with E-state index in [1.54, 1.807) is 13.8 Å². The summed E-state index contributed by atoms with van der Waals surface area (Å²) in [6.45, 7) is 6.91. The molecule has 1 aromatic rings. The summed E-state index contributed by atoms with van der Waals surface area (Å²) < 4.78 is 11.1. The number of benzene rings is 1. The molecule has 1 aliphatic heterocycles. The molecule has 0 radical (unpaired) electrons. The van der Waals surface area contributed by atoms with Crippen LogP contribution < -0.4 is 14.8 Å². The molecular formula is C18H25NO6. The van der Waals surface area contributed by atoms with E-state index in [4.69, 9.17) is 9.47 Å². The highest BCUT2D eigenvalue weighted by Gasteiger charge is 2.35. The Kier molecular flexibility index (Phi) is 5.57. The van der Waals surface area contributed by atoms with E-state index in [0.29, 0.717) is 0 Å². The second-order valence-electron chi connectivity index (χ2n) is 7.17. The zero-order chi connectivity index (χ0) is 18.8. The smallest absolute Gasteiger partial charge is 0.258 e. The zero-order valence-corrected chi connectivity index (χ0v) is 15.0. The second kappa shape index (κ2) is 7.31. The number of fused-ring (bicyclic) bond motifs is 1. The summed E-state index contributed by atoms with van der Waals surface area (Å²) in [5, 5.41) is 22.0. The Morgan fingerprint density at radius 1 is 1.40 bits per heavy atom. The van der Waals surface area contributed by atoms with Gasteiger partial charge in [0, 0.05) is 12.1 Å². The Bertz CT molecular complexity index is 668. The fourth-order valence-corrected chi connectivity index (χ4v) is 2.65. The summed E-state index contributed by atoms with van der Waals surface area (Å²) in [6, 6.07) is 2.43. The Labute approximate surface area is 146 Å². The van der Waals surface area contributed by atoms with Crippen molar-refractivity contribution in [1.29, 1.82) is 0 Å². The minimum atomic E-state index is -0.669. The first kappa shape index (κ1) is 19.1. The van der Waals surface area contributed by atoms with E-state index >= 15 is 0 Å². The van der Waals surface area contributed by atoms with Gasteiger partial charge in [0.1, 0.15) is 28.4 Å². The van der Waals surface area contributed by atoms with Gasteiger partial charge in [0.25, 0.3) is 5.91 Å². The Morgan fingerprint density at radius 2 is 2.08 bits per heavy atom. The number of carbonyl (C=O) groups is 2. The van der Waals surface area contributed by atoms with Crippen molar-refractivity contribution in [3.05, 3.63) is 17.7 Å². The summed E-state index contributed by atoms with van der Waals surface area (Å²) in [5.74, 6) is -0.265. The van der Waals surface area contributed by atoms with Gasteiger partial charge in [-0.15, -0.1) is 0 Å². The van der Waals surface area contributed by atoms with E-state index in [1.807, 2.05) is 13.8 Å². The zero-order valence-electron chi connectivity index (χ0n) is 15.0. The third-order valence-corrected chi connectivity index (χ3v) is 4.02. The van der Waals surface area contributed by atoms with E-state index in [0.717, 1.165) is 0 Å². The number of hydrogen-bond donors (Lipinski definition) is 3. The lowest BCUT2D eigenvalue weighted by atomic mass is 9.92. The monoisotopic (exact) mass is 351 g/mol. The van der Waals surface area contributed by atoms with Gasteiger partial charge in [0.15, 0.2) is 12.4 Å². The van der Waals surface area contributed by atoms with Gasteiger partial charge in [-0.2, -0.15) is 0 Å². The number of rotatable bonds is 6. The SMILES string of the molecule is CC(C)[C@@H](CO)NC(=O)COc1cc(O)c2c(c1)OC(C)(C)CC2=O. The minimum absolute atomic E-state index is 0.0865. The van der Waals surface area contributed by atoms with Crippen LogP contribution in [0.4, 0.5) is 0 Å². The first-order valence-electron chi connectivity index (χ1n) is 8.25. The molecule has 0 saturated heterocycles. The molecule has 1 heterocycles. The van der Waals surface area contributed by atoms with Crippen molar-refractivity contribution < 1.29 is 29.3 Å². The van der Waals surface area contributed by atoms with E-state index < -0.39 is 5.60 Å². The van der Waals surface area contributed by atoms with Crippen LogP contribution in [0.15, 0.2) is 12.1 Å². The first-order chi connectivity index (χ1) is 11.6. The van der Waals surface area contributed by atoms with Gasteiger partial charge >= 0.3 is 0 Å². The quantitative estimate of drug-likeness (QED) is 0.720. The number of phenols is 1.